The monoisotopic (exact) mass is 353 g/mol. The van der Waals surface area contributed by atoms with Crippen molar-refractivity contribution < 1.29 is 13.9 Å². The molecule has 134 valence electrons. The molecular weight excluding hydrogens is 333 g/mol. The van der Waals surface area contributed by atoms with Gasteiger partial charge in [-0.05, 0) is 55.0 Å². The number of aryl methyl sites for hydroxylation is 1. The van der Waals surface area contributed by atoms with Gasteiger partial charge in [0.15, 0.2) is 0 Å². The summed E-state index contributed by atoms with van der Waals surface area (Å²) in [6.07, 6.45) is 0. The number of benzene rings is 2. The van der Waals surface area contributed by atoms with Crippen molar-refractivity contribution in [3.05, 3.63) is 71.7 Å². The van der Waals surface area contributed by atoms with Crippen LogP contribution >= 0.6 is 0 Å². The summed E-state index contributed by atoms with van der Waals surface area (Å²) in [5.41, 5.74) is 3.60. The SMILES string of the molecule is COCCNC(=O)c1cc(-c2ccc(F)cc2)nn1-c1cccc(C)c1. The molecule has 1 N–H and O–H groups in total. The molecule has 2 aromatic carbocycles. The molecule has 26 heavy (non-hydrogen) atoms. The second-order valence-corrected chi connectivity index (χ2v) is 5.92. The lowest BCUT2D eigenvalue weighted by molar-refractivity contribution is 0.0929. The summed E-state index contributed by atoms with van der Waals surface area (Å²) < 4.78 is 19.8. The Balaban J connectivity index is 2.02. The van der Waals surface area contributed by atoms with Crippen LogP contribution < -0.4 is 5.32 Å². The molecule has 3 aromatic rings. The van der Waals surface area contributed by atoms with Gasteiger partial charge in [-0.25, -0.2) is 9.07 Å². The van der Waals surface area contributed by atoms with Crippen LogP contribution in [0.1, 0.15) is 16.1 Å². The largest absolute Gasteiger partial charge is 0.383 e. The van der Waals surface area contributed by atoms with Crippen molar-refractivity contribution in [1.29, 1.82) is 0 Å². The Morgan fingerprint density at radius 3 is 2.65 bits per heavy atom. The van der Waals surface area contributed by atoms with E-state index in [1.165, 1.54) is 12.1 Å². The molecule has 1 heterocycles. The normalized spacial score (nSPS) is 10.7. The summed E-state index contributed by atoms with van der Waals surface area (Å²) in [5, 5.41) is 7.39. The van der Waals surface area contributed by atoms with Gasteiger partial charge in [0.1, 0.15) is 11.5 Å². The Bertz CT molecular complexity index is 904. The molecule has 0 bridgehead atoms. The number of rotatable bonds is 6. The van der Waals surface area contributed by atoms with Crippen LogP contribution in [0.3, 0.4) is 0 Å². The highest BCUT2D eigenvalue weighted by Crippen LogP contribution is 2.22. The van der Waals surface area contributed by atoms with Gasteiger partial charge in [-0.2, -0.15) is 5.10 Å². The first-order chi connectivity index (χ1) is 12.6. The smallest absolute Gasteiger partial charge is 0.270 e. The Kier molecular flexibility index (Phi) is 5.43. The first-order valence-electron chi connectivity index (χ1n) is 8.28. The quantitative estimate of drug-likeness (QED) is 0.692. The fourth-order valence-electron chi connectivity index (χ4n) is 2.62. The highest BCUT2D eigenvalue weighted by Gasteiger charge is 2.17. The fourth-order valence-corrected chi connectivity index (χ4v) is 2.62. The molecule has 0 saturated carbocycles. The van der Waals surface area contributed by atoms with Crippen LogP contribution in [0.4, 0.5) is 4.39 Å². The summed E-state index contributed by atoms with van der Waals surface area (Å²) in [6, 6.07) is 15.5. The van der Waals surface area contributed by atoms with Gasteiger partial charge >= 0.3 is 0 Å². The van der Waals surface area contributed by atoms with Crippen molar-refractivity contribution in [2.75, 3.05) is 20.3 Å². The molecule has 0 atom stereocenters. The first kappa shape index (κ1) is 17.8. The summed E-state index contributed by atoms with van der Waals surface area (Å²) in [6.45, 7) is 2.81. The number of carbonyl (C=O) groups excluding carboxylic acids is 1. The predicted molar refractivity (Wildman–Crippen MR) is 97.9 cm³/mol. The highest BCUT2D eigenvalue weighted by molar-refractivity contribution is 5.94. The van der Waals surface area contributed by atoms with Crippen molar-refractivity contribution in [2.24, 2.45) is 0 Å². The fraction of sp³-hybridized carbons (Fsp3) is 0.200. The van der Waals surface area contributed by atoms with Gasteiger partial charge in [0.25, 0.3) is 5.91 Å². The average molecular weight is 353 g/mol. The maximum Gasteiger partial charge on any atom is 0.270 e. The summed E-state index contributed by atoms with van der Waals surface area (Å²) >= 11 is 0. The molecule has 0 radical (unpaired) electrons. The highest BCUT2D eigenvalue weighted by atomic mass is 19.1. The third-order valence-electron chi connectivity index (χ3n) is 3.92. The van der Waals surface area contributed by atoms with E-state index in [0.717, 1.165) is 16.8 Å². The van der Waals surface area contributed by atoms with Gasteiger partial charge in [-0.1, -0.05) is 12.1 Å². The van der Waals surface area contributed by atoms with Crippen molar-refractivity contribution in [3.8, 4) is 16.9 Å². The van der Waals surface area contributed by atoms with Crippen LogP contribution in [-0.4, -0.2) is 35.9 Å². The molecule has 0 aliphatic rings. The van der Waals surface area contributed by atoms with Crippen LogP contribution in [0, 0.1) is 12.7 Å². The Morgan fingerprint density at radius 2 is 1.96 bits per heavy atom. The zero-order valence-electron chi connectivity index (χ0n) is 14.7. The van der Waals surface area contributed by atoms with Gasteiger partial charge in [0, 0.05) is 19.2 Å². The van der Waals surface area contributed by atoms with Crippen LogP contribution in [0.5, 0.6) is 0 Å². The van der Waals surface area contributed by atoms with Gasteiger partial charge in [0.2, 0.25) is 0 Å². The van der Waals surface area contributed by atoms with Crippen LogP contribution in [0.15, 0.2) is 54.6 Å². The Morgan fingerprint density at radius 1 is 1.19 bits per heavy atom. The van der Waals surface area contributed by atoms with Gasteiger partial charge in [0.05, 0.1) is 18.0 Å². The van der Waals surface area contributed by atoms with Crippen LogP contribution in [-0.2, 0) is 4.74 Å². The second-order valence-electron chi connectivity index (χ2n) is 5.92. The number of amides is 1. The molecule has 0 spiro atoms. The van der Waals surface area contributed by atoms with Crippen molar-refractivity contribution in [1.82, 2.24) is 15.1 Å². The number of hydrogen-bond donors (Lipinski definition) is 1. The standard InChI is InChI=1S/C20H20FN3O2/c1-14-4-3-5-17(12-14)24-19(20(25)22-10-11-26-2)13-18(23-24)15-6-8-16(21)9-7-15/h3-9,12-13H,10-11H2,1-2H3,(H,22,25). The number of aromatic nitrogens is 2. The second kappa shape index (κ2) is 7.93. The Labute approximate surface area is 151 Å². The lowest BCUT2D eigenvalue weighted by Gasteiger charge is -2.08. The number of nitrogens with zero attached hydrogens (tertiary/aromatic N) is 2. The van der Waals surface area contributed by atoms with E-state index in [2.05, 4.69) is 10.4 Å². The lowest BCUT2D eigenvalue weighted by atomic mass is 10.1. The molecule has 0 unspecified atom stereocenters. The Hall–Kier alpha value is -2.99. The molecule has 0 aliphatic heterocycles. The summed E-state index contributed by atoms with van der Waals surface area (Å²) in [7, 11) is 1.58. The third-order valence-corrected chi connectivity index (χ3v) is 3.92. The van der Waals surface area contributed by atoms with E-state index in [1.54, 1.807) is 30.0 Å². The average Bonchev–Trinajstić information content (AvgIpc) is 3.08. The minimum Gasteiger partial charge on any atom is -0.383 e. The van der Waals surface area contributed by atoms with Gasteiger partial charge in [-0.3, -0.25) is 4.79 Å². The van der Waals surface area contributed by atoms with Crippen LogP contribution in [0.2, 0.25) is 0 Å². The third kappa shape index (κ3) is 3.97. The van der Waals surface area contributed by atoms with E-state index in [-0.39, 0.29) is 11.7 Å². The molecule has 0 saturated heterocycles. The number of carbonyl (C=O) groups is 1. The minimum atomic E-state index is -0.315. The van der Waals surface area contributed by atoms with E-state index < -0.39 is 0 Å². The summed E-state index contributed by atoms with van der Waals surface area (Å²) in [5.74, 6) is -0.561. The maximum absolute atomic E-state index is 13.2. The summed E-state index contributed by atoms with van der Waals surface area (Å²) in [4.78, 5) is 12.6. The van der Waals surface area contributed by atoms with E-state index in [1.807, 2.05) is 31.2 Å². The van der Waals surface area contributed by atoms with E-state index >= 15 is 0 Å². The molecular formula is C20H20FN3O2. The molecule has 6 heteroatoms. The van der Waals surface area contributed by atoms with Crippen molar-refractivity contribution in [2.45, 2.75) is 6.92 Å². The maximum atomic E-state index is 13.2. The zero-order valence-corrected chi connectivity index (χ0v) is 14.7. The lowest BCUT2D eigenvalue weighted by Crippen LogP contribution is -2.28. The van der Waals surface area contributed by atoms with Gasteiger partial charge in [-0.15, -0.1) is 0 Å². The van der Waals surface area contributed by atoms with Crippen LogP contribution in [0.25, 0.3) is 16.9 Å². The number of nitrogens with one attached hydrogen (secondary N) is 1. The molecule has 3 rings (SSSR count). The zero-order chi connectivity index (χ0) is 18.5. The molecule has 0 fully saturated rings. The minimum absolute atomic E-state index is 0.246. The van der Waals surface area contributed by atoms with E-state index in [0.29, 0.717) is 24.5 Å². The van der Waals surface area contributed by atoms with Crippen molar-refractivity contribution >= 4 is 5.91 Å². The van der Waals surface area contributed by atoms with E-state index in [9.17, 15) is 9.18 Å². The number of ether oxygens (including phenoxy) is 1. The molecule has 0 aliphatic carbocycles. The topological polar surface area (TPSA) is 56.1 Å². The number of halogens is 1. The first-order valence-corrected chi connectivity index (χ1v) is 8.28. The molecule has 1 amide bonds. The van der Waals surface area contributed by atoms with Crippen molar-refractivity contribution in [3.63, 3.8) is 0 Å². The number of hydrogen-bond acceptors (Lipinski definition) is 3. The molecule has 5 nitrogen and oxygen atoms in total. The van der Waals surface area contributed by atoms with Gasteiger partial charge < -0.3 is 10.1 Å². The predicted octanol–water partition coefficient (Wildman–Crippen LogP) is 3.36. The number of methoxy groups -OCH3 is 1. The molecule has 1 aromatic heterocycles. The van der Waals surface area contributed by atoms with E-state index in [4.69, 9.17) is 4.74 Å².